The molecule has 2 aromatic heterocycles. The van der Waals surface area contributed by atoms with Crippen LogP contribution in [0.2, 0.25) is 0 Å². The first-order valence-corrected chi connectivity index (χ1v) is 12.0. The van der Waals surface area contributed by atoms with Crippen molar-refractivity contribution in [2.24, 2.45) is 0 Å². The molecule has 0 amide bonds. The molecule has 7 rings (SSSR count). The average molecular weight is 495 g/mol. The number of halogens is 2. The van der Waals surface area contributed by atoms with Crippen molar-refractivity contribution in [1.82, 2.24) is 9.13 Å². The van der Waals surface area contributed by atoms with Crippen molar-refractivity contribution in [3.8, 4) is 23.5 Å². The van der Waals surface area contributed by atoms with E-state index in [0.717, 1.165) is 27.1 Å². The van der Waals surface area contributed by atoms with Crippen molar-refractivity contribution >= 4 is 43.6 Å². The highest BCUT2D eigenvalue weighted by Crippen LogP contribution is 2.43. The molecule has 0 atom stereocenters. The molecule has 0 saturated heterocycles. The van der Waals surface area contributed by atoms with Gasteiger partial charge in [-0.2, -0.15) is 10.5 Å². The fourth-order valence-corrected chi connectivity index (χ4v) is 5.63. The first-order valence-electron chi connectivity index (χ1n) is 12.0. The second kappa shape index (κ2) is 8.03. The first kappa shape index (κ1) is 21.8. The van der Waals surface area contributed by atoms with E-state index in [0.29, 0.717) is 33.4 Å². The summed E-state index contributed by atoms with van der Waals surface area (Å²) in [7, 11) is 0. The molecule has 0 aliphatic heterocycles. The molecule has 0 fully saturated rings. The molecule has 4 nitrogen and oxygen atoms in total. The number of nitriles is 2. The van der Waals surface area contributed by atoms with Crippen molar-refractivity contribution in [3.63, 3.8) is 0 Å². The molecule has 0 spiro atoms. The van der Waals surface area contributed by atoms with Crippen molar-refractivity contribution in [2.45, 2.75) is 0 Å². The van der Waals surface area contributed by atoms with Crippen LogP contribution in [-0.2, 0) is 0 Å². The van der Waals surface area contributed by atoms with Crippen LogP contribution in [0.15, 0.2) is 97.1 Å². The topological polar surface area (TPSA) is 57.4 Å². The number of hydrogen-bond acceptors (Lipinski definition) is 2. The number of hydrogen-bond donors (Lipinski definition) is 0. The molecule has 7 aromatic rings. The number of fused-ring (bicyclic) bond motifs is 7. The van der Waals surface area contributed by atoms with Crippen LogP contribution in [0.3, 0.4) is 0 Å². The molecule has 5 aromatic carbocycles. The quantitative estimate of drug-likeness (QED) is 0.245. The lowest BCUT2D eigenvalue weighted by atomic mass is 10.1. The number of para-hydroxylation sites is 4. The first-order chi connectivity index (χ1) is 18.6. The maximum absolute atomic E-state index is 15.4. The van der Waals surface area contributed by atoms with Gasteiger partial charge in [-0.05, 0) is 36.4 Å². The Bertz CT molecular complexity index is 2140. The number of nitrogens with zero attached hydrogens (tertiary/aromatic N) is 4. The van der Waals surface area contributed by atoms with Gasteiger partial charge in [-0.3, -0.25) is 0 Å². The summed E-state index contributed by atoms with van der Waals surface area (Å²) >= 11 is 0. The number of rotatable bonds is 2. The highest BCUT2D eigenvalue weighted by Gasteiger charge is 2.25. The SMILES string of the molecule is N#Cc1cccc(C#N)c1-n1c2ccccc2c2ccc3c4ccccc4n(-c4c(F)cccc4F)c3c21. The van der Waals surface area contributed by atoms with Gasteiger partial charge >= 0.3 is 0 Å². The lowest BCUT2D eigenvalue weighted by Crippen LogP contribution is -2.05. The van der Waals surface area contributed by atoms with Gasteiger partial charge in [-0.1, -0.05) is 60.7 Å². The third kappa shape index (κ3) is 2.80. The average Bonchev–Trinajstić information content (AvgIpc) is 3.45. The zero-order valence-corrected chi connectivity index (χ0v) is 19.8. The van der Waals surface area contributed by atoms with Crippen molar-refractivity contribution in [3.05, 3.63) is 120 Å². The summed E-state index contributed by atoms with van der Waals surface area (Å²) in [5.74, 6) is -1.38. The lowest BCUT2D eigenvalue weighted by molar-refractivity contribution is 0.573. The van der Waals surface area contributed by atoms with Gasteiger partial charge in [-0.15, -0.1) is 0 Å². The monoisotopic (exact) mass is 494 g/mol. The third-order valence-corrected chi connectivity index (χ3v) is 7.13. The predicted octanol–water partition coefficient (Wildman–Crippen LogP) is 7.90. The van der Waals surface area contributed by atoms with Gasteiger partial charge in [0.1, 0.15) is 29.5 Å². The zero-order chi connectivity index (χ0) is 26.0. The van der Waals surface area contributed by atoms with Crippen LogP contribution >= 0.6 is 0 Å². The zero-order valence-electron chi connectivity index (χ0n) is 19.8. The van der Waals surface area contributed by atoms with Crippen LogP contribution in [0.1, 0.15) is 11.1 Å². The van der Waals surface area contributed by atoms with E-state index < -0.39 is 11.6 Å². The van der Waals surface area contributed by atoms with E-state index in [2.05, 4.69) is 12.1 Å². The van der Waals surface area contributed by atoms with Gasteiger partial charge < -0.3 is 9.13 Å². The molecule has 0 bridgehead atoms. The fraction of sp³-hybridized carbons (Fsp3) is 0. The Balaban J connectivity index is 1.84. The Hall–Kier alpha value is -5.46. The minimum atomic E-state index is -0.692. The second-order valence-corrected chi connectivity index (χ2v) is 9.06. The summed E-state index contributed by atoms with van der Waals surface area (Å²) in [6.07, 6.45) is 0. The number of benzene rings is 5. The molecule has 0 aliphatic rings. The maximum Gasteiger partial charge on any atom is 0.150 e. The molecule has 0 N–H and O–H groups in total. The Kier molecular flexibility index (Phi) is 4.60. The summed E-state index contributed by atoms with van der Waals surface area (Å²) in [5, 5.41) is 23.4. The maximum atomic E-state index is 15.4. The Labute approximate surface area is 215 Å². The predicted molar refractivity (Wildman–Crippen MR) is 144 cm³/mol. The molecule has 0 unspecified atom stereocenters. The van der Waals surface area contributed by atoms with E-state index in [1.165, 1.54) is 18.2 Å². The minimum Gasteiger partial charge on any atom is -0.305 e. The van der Waals surface area contributed by atoms with E-state index in [1.54, 1.807) is 22.8 Å². The minimum absolute atomic E-state index is 0.183. The third-order valence-electron chi connectivity index (χ3n) is 7.13. The molecule has 0 saturated carbocycles. The molecule has 2 heterocycles. The van der Waals surface area contributed by atoms with Gasteiger partial charge in [0, 0.05) is 21.5 Å². The van der Waals surface area contributed by atoms with Gasteiger partial charge in [0.2, 0.25) is 0 Å². The van der Waals surface area contributed by atoms with Gasteiger partial charge in [0.25, 0.3) is 0 Å². The van der Waals surface area contributed by atoms with Crippen LogP contribution in [0.25, 0.3) is 55.0 Å². The molecule has 6 heteroatoms. The largest absolute Gasteiger partial charge is 0.305 e. The van der Waals surface area contributed by atoms with Crippen LogP contribution in [0.4, 0.5) is 8.78 Å². The van der Waals surface area contributed by atoms with E-state index >= 15 is 8.78 Å². The Morgan fingerprint density at radius 3 is 1.42 bits per heavy atom. The van der Waals surface area contributed by atoms with Crippen LogP contribution in [0.5, 0.6) is 0 Å². The lowest BCUT2D eigenvalue weighted by Gasteiger charge is -2.15. The van der Waals surface area contributed by atoms with Crippen LogP contribution in [-0.4, -0.2) is 9.13 Å². The van der Waals surface area contributed by atoms with E-state index in [1.807, 2.05) is 65.2 Å². The summed E-state index contributed by atoms with van der Waals surface area (Å²) in [6, 6.07) is 32.5. The fourth-order valence-electron chi connectivity index (χ4n) is 5.63. The van der Waals surface area contributed by atoms with E-state index in [4.69, 9.17) is 0 Å². The van der Waals surface area contributed by atoms with Gasteiger partial charge in [0.15, 0.2) is 0 Å². The van der Waals surface area contributed by atoms with Crippen LogP contribution < -0.4 is 0 Å². The van der Waals surface area contributed by atoms with Crippen LogP contribution in [0, 0.1) is 34.3 Å². The second-order valence-electron chi connectivity index (χ2n) is 9.06. The van der Waals surface area contributed by atoms with Crippen molar-refractivity contribution < 1.29 is 8.78 Å². The molecule has 38 heavy (non-hydrogen) atoms. The Morgan fingerprint density at radius 1 is 0.474 bits per heavy atom. The Morgan fingerprint density at radius 2 is 0.921 bits per heavy atom. The van der Waals surface area contributed by atoms with Crippen molar-refractivity contribution in [2.75, 3.05) is 0 Å². The highest BCUT2D eigenvalue weighted by molar-refractivity contribution is 6.24. The smallest absolute Gasteiger partial charge is 0.150 e. The summed E-state index contributed by atoms with van der Waals surface area (Å²) in [5.41, 5.74) is 3.55. The highest BCUT2D eigenvalue weighted by atomic mass is 19.1. The van der Waals surface area contributed by atoms with E-state index in [-0.39, 0.29) is 5.69 Å². The summed E-state index contributed by atoms with van der Waals surface area (Å²) in [6.45, 7) is 0. The standard InChI is InChI=1S/C32H16F2N4/c33-25-11-6-12-26(34)32(25)38-28-14-4-2-10-22(28)24-16-15-23-21-9-1-3-13-27(21)37(30(23)31(24)38)29-19(17-35)7-5-8-20(29)18-36/h1-16H. The van der Waals surface area contributed by atoms with Crippen molar-refractivity contribution in [1.29, 1.82) is 10.5 Å². The molecule has 178 valence electrons. The molecular weight excluding hydrogens is 478 g/mol. The summed E-state index contributed by atoms with van der Waals surface area (Å²) < 4.78 is 34.3. The van der Waals surface area contributed by atoms with E-state index in [9.17, 15) is 10.5 Å². The number of aromatic nitrogens is 2. The molecule has 0 radical (unpaired) electrons. The van der Waals surface area contributed by atoms with Gasteiger partial charge in [-0.25, -0.2) is 8.78 Å². The van der Waals surface area contributed by atoms with Gasteiger partial charge in [0.05, 0.1) is 38.9 Å². The molecular formula is C32H16F2N4. The molecule has 0 aliphatic carbocycles. The summed E-state index contributed by atoms with van der Waals surface area (Å²) in [4.78, 5) is 0. The normalized spacial score (nSPS) is 11.4.